The van der Waals surface area contributed by atoms with Gasteiger partial charge in [0.15, 0.2) is 0 Å². The summed E-state index contributed by atoms with van der Waals surface area (Å²) in [4.78, 5) is 16.1. The van der Waals surface area contributed by atoms with Gasteiger partial charge in [0.1, 0.15) is 5.15 Å². The van der Waals surface area contributed by atoms with Gasteiger partial charge in [0.05, 0.1) is 6.61 Å². The van der Waals surface area contributed by atoms with Crippen LogP contribution in [0.25, 0.3) is 0 Å². The topological polar surface area (TPSA) is 51.2 Å². The van der Waals surface area contributed by atoms with Crippen LogP contribution in [-0.4, -0.2) is 18.0 Å². The average Bonchev–Trinajstić information content (AvgIpc) is 2.44. The standard InChI is InChI=1S/C16H17ClN2O2/c1-11-6-14(8-15(17)19-11)16(20)18-9-12-4-3-5-13(7-12)10-21-2/h3-8H,9-10H2,1-2H3,(H,18,20). The third kappa shape index (κ3) is 4.55. The van der Waals surface area contributed by atoms with E-state index in [2.05, 4.69) is 10.3 Å². The van der Waals surface area contributed by atoms with Crippen molar-refractivity contribution < 1.29 is 9.53 Å². The van der Waals surface area contributed by atoms with E-state index in [0.717, 1.165) is 16.8 Å². The lowest BCUT2D eigenvalue weighted by atomic mass is 10.1. The molecule has 0 atom stereocenters. The number of carbonyl (C=O) groups excluding carboxylic acids is 1. The number of pyridine rings is 1. The van der Waals surface area contributed by atoms with Crippen molar-refractivity contribution in [2.24, 2.45) is 0 Å². The van der Waals surface area contributed by atoms with Crippen LogP contribution < -0.4 is 5.32 Å². The molecule has 110 valence electrons. The SMILES string of the molecule is COCc1cccc(CNC(=O)c2cc(C)nc(Cl)c2)c1. The van der Waals surface area contributed by atoms with Crippen molar-refractivity contribution in [3.05, 3.63) is 63.9 Å². The first-order chi connectivity index (χ1) is 10.1. The third-order valence-corrected chi connectivity index (χ3v) is 3.13. The van der Waals surface area contributed by atoms with Crippen molar-refractivity contribution in [1.82, 2.24) is 10.3 Å². The number of nitrogens with zero attached hydrogens (tertiary/aromatic N) is 1. The van der Waals surface area contributed by atoms with E-state index in [1.807, 2.05) is 24.3 Å². The Morgan fingerprint density at radius 2 is 2.05 bits per heavy atom. The van der Waals surface area contributed by atoms with Crippen molar-refractivity contribution >= 4 is 17.5 Å². The maximum absolute atomic E-state index is 12.1. The summed E-state index contributed by atoms with van der Waals surface area (Å²) >= 11 is 5.86. The Kier molecular flexibility index (Phi) is 5.31. The summed E-state index contributed by atoms with van der Waals surface area (Å²) in [6.45, 7) is 2.81. The van der Waals surface area contributed by atoms with E-state index in [-0.39, 0.29) is 5.91 Å². The van der Waals surface area contributed by atoms with Crippen LogP contribution in [0.15, 0.2) is 36.4 Å². The summed E-state index contributed by atoms with van der Waals surface area (Å²) in [5, 5.41) is 3.19. The molecule has 4 nitrogen and oxygen atoms in total. The van der Waals surface area contributed by atoms with Crippen LogP contribution in [-0.2, 0) is 17.9 Å². The Hall–Kier alpha value is -1.91. The van der Waals surface area contributed by atoms with E-state index in [1.165, 1.54) is 0 Å². The number of aromatic nitrogens is 1. The summed E-state index contributed by atoms with van der Waals surface area (Å²) in [6, 6.07) is 11.2. The minimum absolute atomic E-state index is 0.167. The van der Waals surface area contributed by atoms with E-state index in [0.29, 0.717) is 23.9 Å². The highest BCUT2D eigenvalue weighted by Gasteiger charge is 2.08. The molecule has 0 radical (unpaired) electrons. The number of ether oxygens (including phenoxy) is 1. The number of nitrogens with one attached hydrogen (secondary N) is 1. The highest BCUT2D eigenvalue weighted by Crippen LogP contribution is 2.11. The monoisotopic (exact) mass is 304 g/mol. The van der Waals surface area contributed by atoms with Crippen LogP contribution in [0.5, 0.6) is 0 Å². The van der Waals surface area contributed by atoms with Gasteiger partial charge in [-0.05, 0) is 30.2 Å². The number of hydrogen-bond donors (Lipinski definition) is 1. The second-order valence-electron chi connectivity index (χ2n) is 4.76. The molecule has 5 heteroatoms. The van der Waals surface area contributed by atoms with Crippen LogP contribution in [0, 0.1) is 6.92 Å². The summed E-state index contributed by atoms with van der Waals surface area (Å²) in [5.74, 6) is -0.167. The average molecular weight is 305 g/mol. The zero-order chi connectivity index (χ0) is 15.2. The number of rotatable bonds is 5. The second kappa shape index (κ2) is 7.20. The van der Waals surface area contributed by atoms with Gasteiger partial charge < -0.3 is 10.1 Å². The number of aryl methyl sites for hydroxylation is 1. The predicted octanol–water partition coefficient (Wildman–Crippen LogP) is 3.12. The molecule has 0 saturated heterocycles. The molecule has 1 N–H and O–H groups in total. The number of hydrogen-bond acceptors (Lipinski definition) is 3. The Labute approximate surface area is 129 Å². The third-order valence-electron chi connectivity index (χ3n) is 2.94. The molecule has 0 aliphatic carbocycles. The van der Waals surface area contributed by atoms with Gasteiger partial charge in [-0.3, -0.25) is 4.79 Å². The van der Waals surface area contributed by atoms with Gasteiger partial charge >= 0.3 is 0 Å². The number of carbonyl (C=O) groups is 1. The lowest BCUT2D eigenvalue weighted by Crippen LogP contribution is -2.23. The Balaban J connectivity index is 2.02. The van der Waals surface area contributed by atoms with Crippen molar-refractivity contribution in [2.45, 2.75) is 20.1 Å². The second-order valence-corrected chi connectivity index (χ2v) is 5.14. The van der Waals surface area contributed by atoms with Crippen LogP contribution in [0.2, 0.25) is 5.15 Å². The fraction of sp³-hybridized carbons (Fsp3) is 0.250. The molecule has 1 aromatic carbocycles. The maximum Gasteiger partial charge on any atom is 0.251 e. The molecule has 2 aromatic rings. The van der Waals surface area contributed by atoms with Gasteiger partial charge in [0.25, 0.3) is 5.91 Å². The van der Waals surface area contributed by atoms with Crippen molar-refractivity contribution in [1.29, 1.82) is 0 Å². The van der Waals surface area contributed by atoms with Crippen LogP contribution in [0.3, 0.4) is 0 Å². The molecular weight excluding hydrogens is 288 g/mol. The molecule has 1 amide bonds. The maximum atomic E-state index is 12.1. The van der Waals surface area contributed by atoms with E-state index < -0.39 is 0 Å². The molecular formula is C16H17ClN2O2. The Bertz CT molecular complexity index is 624. The molecule has 21 heavy (non-hydrogen) atoms. The molecule has 0 saturated carbocycles. The Morgan fingerprint density at radius 1 is 1.29 bits per heavy atom. The Morgan fingerprint density at radius 3 is 2.76 bits per heavy atom. The highest BCUT2D eigenvalue weighted by molar-refractivity contribution is 6.29. The first kappa shape index (κ1) is 15.5. The number of benzene rings is 1. The molecule has 0 unspecified atom stereocenters. The summed E-state index contributed by atoms with van der Waals surface area (Å²) in [6.07, 6.45) is 0. The van der Waals surface area contributed by atoms with E-state index in [9.17, 15) is 4.79 Å². The lowest BCUT2D eigenvalue weighted by Gasteiger charge is -2.08. The minimum atomic E-state index is -0.167. The molecule has 0 fully saturated rings. The molecule has 0 aliphatic heterocycles. The summed E-state index contributed by atoms with van der Waals surface area (Å²) in [5.41, 5.74) is 3.33. The van der Waals surface area contributed by atoms with Crippen molar-refractivity contribution in [2.75, 3.05) is 7.11 Å². The number of methoxy groups -OCH3 is 1. The van der Waals surface area contributed by atoms with Crippen LogP contribution in [0.4, 0.5) is 0 Å². The van der Waals surface area contributed by atoms with E-state index in [4.69, 9.17) is 16.3 Å². The van der Waals surface area contributed by atoms with Crippen LogP contribution in [0.1, 0.15) is 27.2 Å². The zero-order valence-corrected chi connectivity index (χ0v) is 12.8. The highest BCUT2D eigenvalue weighted by atomic mass is 35.5. The zero-order valence-electron chi connectivity index (χ0n) is 12.0. The van der Waals surface area contributed by atoms with Gasteiger partial charge in [0, 0.05) is 24.9 Å². The van der Waals surface area contributed by atoms with Crippen molar-refractivity contribution in [3.63, 3.8) is 0 Å². The molecule has 1 aromatic heterocycles. The fourth-order valence-electron chi connectivity index (χ4n) is 2.04. The number of halogens is 1. The van der Waals surface area contributed by atoms with Gasteiger partial charge in [-0.2, -0.15) is 0 Å². The summed E-state index contributed by atoms with van der Waals surface area (Å²) < 4.78 is 5.10. The smallest absolute Gasteiger partial charge is 0.251 e. The van der Waals surface area contributed by atoms with Gasteiger partial charge in [-0.15, -0.1) is 0 Å². The van der Waals surface area contributed by atoms with E-state index in [1.54, 1.807) is 26.2 Å². The molecule has 1 heterocycles. The first-order valence-electron chi connectivity index (χ1n) is 6.57. The van der Waals surface area contributed by atoms with Crippen molar-refractivity contribution in [3.8, 4) is 0 Å². The van der Waals surface area contributed by atoms with Gasteiger partial charge in [0.2, 0.25) is 0 Å². The first-order valence-corrected chi connectivity index (χ1v) is 6.95. The molecule has 0 bridgehead atoms. The van der Waals surface area contributed by atoms with Gasteiger partial charge in [-0.1, -0.05) is 35.9 Å². The molecule has 0 spiro atoms. The fourth-order valence-corrected chi connectivity index (χ4v) is 2.29. The van der Waals surface area contributed by atoms with Gasteiger partial charge in [-0.25, -0.2) is 4.98 Å². The minimum Gasteiger partial charge on any atom is -0.380 e. The van der Waals surface area contributed by atoms with E-state index >= 15 is 0 Å². The summed E-state index contributed by atoms with van der Waals surface area (Å²) in [7, 11) is 1.66. The largest absolute Gasteiger partial charge is 0.380 e. The predicted molar refractivity (Wildman–Crippen MR) is 82.3 cm³/mol. The lowest BCUT2D eigenvalue weighted by molar-refractivity contribution is 0.0950. The molecule has 0 aliphatic rings. The normalized spacial score (nSPS) is 10.4. The number of amides is 1. The van der Waals surface area contributed by atoms with Crippen LogP contribution >= 0.6 is 11.6 Å². The quantitative estimate of drug-likeness (QED) is 0.864. The molecule has 2 rings (SSSR count).